The van der Waals surface area contributed by atoms with Crippen LogP contribution in [0.1, 0.15) is 26.4 Å². The zero-order valence-electron chi connectivity index (χ0n) is 16.8. The minimum atomic E-state index is -0.354. The highest BCUT2D eigenvalue weighted by atomic mass is 32.1. The van der Waals surface area contributed by atoms with Gasteiger partial charge >= 0.3 is 0 Å². The van der Waals surface area contributed by atoms with E-state index in [0.29, 0.717) is 25.3 Å². The van der Waals surface area contributed by atoms with E-state index in [-0.39, 0.29) is 17.5 Å². The third-order valence-electron chi connectivity index (χ3n) is 4.28. The summed E-state index contributed by atoms with van der Waals surface area (Å²) < 4.78 is 5.60. The lowest BCUT2D eigenvalue weighted by Crippen LogP contribution is -2.36. The number of hydrogen-bond acceptors (Lipinski definition) is 4. The fraction of sp³-hybridized carbons (Fsp3) is 0.167. The molecule has 0 radical (unpaired) electrons. The summed E-state index contributed by atoms with van der Waals surface area (Å²) in [4.78, 5) is 26.1. The standard InChI is InChI=1S/C24H24N2O3S/c1-18-9-11-20(12-10-18)23(27)26-22(16-21-8-5-15-30-21)24(28)25-13-14-29-17-19-6-3-2-4-7-19/h2-12,15-16H,13-14,17H2,1H3,(H,25,28)(H,26,27)/b22-16-. The van der Waals surface area contributed by atoms with Gasteiger partial charge in [-0.05, 0) is 42.1 Å². The Morgan fingerprint density at radius 2 is 1.77 bits per heavy atom. The van der Waals surface area contributed by atoms with E-state index in [1.807, 2.05) is 66.9 Å². The largest absolute Gasteiger partial charge is 0.375 e. The Hall–Kier alpha value is -3.22. The molecule has 0 unspecified atom stereocenters. The van der Waals surface area contributed by atoms with Crippen molar-refractivity contribution in [1.82, 2.24) is 10.6 Å². The first-order chi connectivity index (χ1) is 14.6. The minimum Gasteiger partial charge on any atom is -0.375 e. The fourth-order valence-corrected chi connectivity index (χ4v) is 3.33. The van der Waals surface area contributed by atoms with Crippen LogP contribution in [-0.2, 0) is 16.1 Å². The lowest BCUT2D eigenvalue weighted by Gasteiger charge is -2.11. The van der Waals surface area contributed by atoms with Crippen molar-refractivity contribution in [3.8, 4) is 0 Å². The lowest BCUT2D eigenvalue weighted by molar-refractivity contribution is -0.118. The summed E-state index contributed by atoms with van der Waals surface area (Å²) in [6.45, 7) is 3.16. The Labute approximate surface area is 180 Å². The first-order valence-electron chi connectivity index (χ1n) is 9.65. The molecule has 0 saturated heterocycles. The monoisotopic (exact) mass is 420 g/mol. The number of ether oxygens (including phenoxy) is 1. The summed E-state index contributed by atoms with van der Waals surface area (Å²) in [5, 5.41) is 7.46. The second-order valence-electron chi connectivity index (χ2n) is 6.69. The topological polar surface area (TPSA) is 67.4 Å². The highest BCUT2D eigenvalue weighted by molar-refractivity contribution is 7.10. The normalized spacial score (nSPS) is 11.2. The van der Waals surface area contributed by atoms with E-state index in [1.54, 1.807) is 18.2 Å². The average molecular weight is 421 g/mol. The Balaban J connectivity index is 1.57. The summed E-state index contributed by atoms with van der Waals surface area (Å²) in [5.41, 5.74) is 2.84. The molecular formula is C24H24N2O3S. The Kier molecular flexibility index (Phi) is 7.94. The van der Waals surface area contributed by atoms with Crippen LogP contribution < -0.4 is 10.6 Å². The van der Waals surface area contributed by atoms with Crippen molar-refractivity contribution in [3.63, 3.8) is 0 Å². The predicted molar refractivity (Wildman–Crippen MR) is 120 cm³/mol. The van der Waals surface area contributed by atoms with Gasteiger partial charge in [-0.2, -0.15) is 0 Å². The molecule has 6 heteroatoms. The van der Waals surface area contributed by atoms with Gasteiger partial charge in [0.25, 0.3) is 11.8 Å². The minimum absolute atomic E-state index is 0.200. The van der Waals surface area contributed by atoms with Crippen LogP contribution in [0, 0.1) is 6.92 Å². The molecule has 0 fully saturated rings. The van der Waals surface area contributed by atoms with Crippen LogP contribution in [0.25, 0.3) is 6.08 Å². The molecule has 0 atom stereocenters. The zero-order valence-corrected chi connectivity index (χ0v) is 17.6. The lowest BCUT2D eigenvalue weighted by atomic mass is 10.1. The summed E-state index contributed by atoms with van der Waals surface area (Å²) >= 11 is 1.49. The van der Waals surface area contributed by atoms with Gasteiger partial charge in [-0.25, -0.2) is 0 Å². The Morgan fingerprint density at radius 3 is 2.47 bits per heavy atom. The van der Waals surface area contributed by atoms with Gasteiger partial charge in [-0.3, -0.25) is 9.59 Å². The molecule has 2 amide bonds. The van der Waals surface area contributed by atoms with Crippen LogP contribution in [-0.4, -0.2) is 25.0 Å². The second kappa shape index (κ2) is 11.1. The van der Waals surface area contributed by atoms with Gasteiger partial charge in [-0.1, -0.05) is 54.1 Å². The van der Waals surface area contributed by atoms with Crippen LogP contribution in [0.2, 0.25) is 0 Å². The van der Waals surface area contributed by atoms with Crippen molar-refractivity contribution in [1.29, 1.82) is 0 Å². The number of thiophene rings is 1. The van der Waals surface area contributed by atoms with Crippen molar-refractivity contribution in [3.05, 3.63) is 99.4 Å². The van der Waals surface area contributed by atoms with Crippen molar-refractivity contribution in [2.24, 2.45) is 0 Å². The number of amides is 2. The number of hydrogen-bond donors (Lipinski definition) is 2. The third kappa shape index (κ3) is 6.69. The molecule has 0 bridgehead atoms. The summed E-state index contributed by atoms with van der Waals surface area (Å²) in [5.74, 6) is -0.680. The highest BCUT2D eigenvalue weighted by Crippen LogP contribution is 2.13. The van der Waals surface area contributed by atoms with E-state index < -0.39 is 0 Å². The predicted octanol–water partition coefficient (Wildman–Crippen LogP) is 4.16. The SMILES string of the molecule is Cc1ccc(C(=O)N/C(=C\c2cccs2)C(=O)NCCOCc2ccccc2)cc1. The number of benzene rings is 2. The molecule has 30 heavy (non-hydrogen) atoms. The fourth-order valence-electron chi connectivity index (χ4n) is 2.67. The highest BCUT2D eigenvalue weighted by Gasteiger charge is 2.14. The quantitative estimate of drug-likeness (QED) is 0.403. The maximum absolute atomic E-state index is 12.7. The number of carbonyl (C=O) groups excluding carboxylic acids is 2. The summed E-state index contributed by atoms with van der Waals surface area (Å²) in [7, 11) is 0. The van der Waals surface area contributed by atoms with E-state index in [1.165, 1.54) is 11.3 Å². The molecule has 5 nitrogen and oxygen atoms in total. The van der Waals surface area contributed by atoms with Gasteiger partial charge in [0.2, 0.25) is 0 Å². The van der Waals surface area contributed by atoms with Crippen LogP contribution in [0.5, 0.6) is 0 Å². The summed E-state index contributed by atoms with van der Waals surface area (Å²) in [6.07, 6.45) is 1.68. The smallest absolute Gasteiger partial charge is 0.267 e. The van der Waals surface area contributed by atoms with Crippen LogP contribution in [0.15, 0.2) is 77.8 Å². The molecule has 2 N–H and O–H groups in total. The average Bonchev–Trinajstić information content (AvgIpc) is 3.27. The van der Waals surface area contributed by atoms with Gasteiger partial charge in [0.15, 0.2) is 0 Å². The first-order valence-corrected chi connectivity index (χ1v) is 10.5. The maximum atomic E-state index is 12.7. The molecule has 1 heterocycles. The molecule has 0 saturated carbocycles. The number of carbonyl (C=O) groups is 2. The van der Waals surface area contributed by atoms with Crippen molar-refractivity contribution >= 4 is 29.2 Å². The van der Waals surface area contributed by atoms with Gasteiger partial charge in [0.1, 0.15) is 5.70 Å². The van der Waals surface area contributed by atoms with E-state index >= 15 is 0 Å². The number of nitrogens with one attached hydrogen (secondary N) is 2. The van der Waals surface area contributed by atoms with Gasteiger partial charge < -0.3 is 15.4 Å². The zero-order chi connectivity index (χ0) is 21.2. The van der Waals surface area contributed by atoms with Crippen LogP contribution >= 0.6 is 11.3 Å². The van der Waals surface area contributed by atoms with E-state index in [9.17, 15) is 9.59 Å². The molecule has 0 spiro atoms. The second-order valence-corrected chi connectivity index (χ2v) is 7.67. The molecule has 2 aromatic carbocycles. The van der Waals surface area contributed by atoms with Crippen molar-refractivity contribution in [2.75, 3.05) is 13.2 Å². The molecule has 3 aromatic rings. The Bertz CT molecular complexity index is 981. The third-order valence-corrected chi connectivity index (χ3v) is 5.10. The molecule has 1 aromatic heterocycles. The number of rotatable bonds is 9. The van der Waals surface area contributed by atoms with Crippen molar-refractivity contribution in [2.45, 2.75) is 13.5 Å². The van der Waals surface area contributed by atoms with E-state index in [2.05, 4.69) is 10.6 Å². The molecule has 0 aliphatic heterocycles. The maximum Gasteiger partial charge on any atom is 0.267 e. The van der Waals surface area contributed by atoms with Gasteiger partial charge in [0.05, 0.1) is 13.2 Å². The molecule has 0 aliphatic rings. The van der Waals surface area contributed by atoms with Crippen LogP contribution in [0.4, 0.5) is 0 Å². The molecule has 0 aliphatic carbocycles. The van der Waals surface area contributed by atoms with Crippen molar-refractivity contribution < 1.29 is 14.3 Å². The molecule has 154 valence electrons. The molecule has 3 rings (SSSR count). The Morgan fingerprint density at radius 1 is 1.00 bits per heavy atom. The van der Waals surface area contributed by atoms with E-state index in [0.717, 1.165) is 16.0 Å². The van der Waals surface area contributed by atoms with Gasteiger partial charge in [0, 0.05) is 17.0 Å². The van der Waals surface area contributed by atoms with E-state index in [4.69, 9.17) is 4.74 Å². The van der Waals surface area contributed by atoms with Crippen LogP contribution in [0.3, 0.4) is 0 Å². The summed E-state index contributed by atoms with van der Waals surface area (Å²) in [6, 6.07) is 20.8. The van der Waals surface area contributed by atoms with Gasteiger partial charge in [-0.15, -0.1) is 11.3 Å². The first kappa shape index (κ1) is 21.5. The molecular weight excluding hydrogens is 396 g/mol. The number of aryl methyl sites for hydroxylation is 1.